The molecule has 0 aliphatic carbocycles. The van der Waals surface area contributed by atoms with Gasteiger partial charge in [0, 0.05) is 36.6 Å². The van der Waals surface area contributed by atoms with Crippen molar-refractivity contribution in [3.05, 3.63) is 95.1 Å². The van der Waals surface area contributed by atoms with Crippen molar-refractivity contribution in [3.63, 3.8) is 0 Å². The highest BCUT2D eigenvalue weighted by Crippen LogP contribution is 2.27. The van der Waals surface area contributed by atoms with Crippen LogP contribution in [0.25, 0.3) is 5.52 Å². The number of nitrogens with zero attached hydrogens (tertiary/aromatic N) is 3. The highest BCUT2D eigenvalue weighted by atomic mass is 32.2. The molecule has 0 amide bonds. The van der Waals surface area contributed by atoms with Gasteiger partial charge in [-0.3, -0.25) is 3.97 Å². The summed E-state index contributed by atoms with van der Waals surface area (Å²) in [6.45, 7) is 1.99. The van der Waals surface area contributed by atoms with Gasteiger partial charge in [-0.05, 0) is 54.4 Å². The molecular formula is C23H19N3O2S. The number of benzene rings is 1. The third kappa shape index (κ3) is 3.41. The van der Waals surface area contributed by atoms with Gasteiger partial charge in [0.2, 0.25) is 0 Å². The Morgan fingerprint density at radius 3 is 2.62 bits per heavy atom. The predicted octanol–water partition coefficient (Wildman–Crippen LogP) is 3.82. The highest BCUT2D eigenvalue weighted by molar-refractivity contribution is 7.83. The summed E-state index contributed by atoms with van der Waals surface area (Å²) in [5.74, 6) is 0. The second kappa shape index (κ2) is 7.90. The molecule has 0 saturated heterocycles. The van der Waals surface area contributed by atoms with Gasteiger partial charge in [0.1, 0.15) is 6.29 Å². The van der Waals surface area contributed by atoms with E-state index in [-0.39, 0.29) is 0 Å². The minimum absolute atomic E-state index is 0.301. The van der Waals surface area contributed by atoms with E-state index in [1.54, 1.807) is 10.0 Å². The van der Waals surface area contributed by atoms with Crippen molar-refractivity contribution in [1.82, 2.24) is 8.37 Å². The molecule has 0 radical (unpaired) electrons. The van der Waals surface area contributed by atoms with Crippen LogP contribution in [0.2, 0.25) is 0 Å². The molecule has 1 unspecified atom stereocenters. The fourth-order valence-electron chi connectivity index (χ4n) is 3.67. The first kappa shape index (κ1) is 18.9. The number of carbonyl (C=O) groups excluding carboxylic acids is 1. The van der Waals surface area contributed by atoms with Gasteiger partial charge in [0.25, 0.3) is 0 Å². The number of rotatable bonds is 6. The lowest BCUT2D eigenvalue weighted by Crippen LogP contribution is -2.08. The highest BCUT2D eigenvalue weighted by Gasteiger charge is 2.18. The van der Waals surface area contributed by atoms with Gasteiger partial charge in [-0.1, -0.05) is 18.2 Å². The summed E-state index contributed by atoms with van der Waals surface area (Å²) < 4.78 is 16.8. The second-order valence-corrected chi connectivity index (χ2v) is 8.13. The molecule has 6 heteroatoms. The number of hydrogen-bond donors (Lipinski definition) is 0. The lowest BCUT2D eigenvalue weighted by atomic mass is 10.0. The molecule has 0 N–H and O–H groups in total. The molecule has 3 heterocycles. The fraction of sp³-hybridized carbons (Fsp3) is 0.130. The van der Waals surface area contributed by atoms with Crippen LogP contribution in [-0.4, -0.2) is 18.9 Å². The number of pyridine rings is 1. The summed E-state index contributed by atoms with van der Waals surface area (Å²) in [6.07, 6.45) is 5.40. The maximum absolute atomic E-state index is 13.1. The average Bonchev–Trinajstić information content (AvgIpc) is 3.32. The predicted molar refractivity (Wildman–Crippen MR) is 112 cm³/mol. The number of carbonyl (C=O) groups is 1. The topological polar surface area (TPSA) is 67.3 Å². The Morgan fingerprint density at radius 2 is 1.90 bits per heavy atom. The van der Waals surface area contributed by atoms with E-state index in [1.807, 2.05) is 72.2 Å². The summed E-state index contributed by atoms with van der Waals surface area (Å²) in [6, 6.07) is 19.0. The lowest BCUT2D eigenvalue weighted by molar-refractivity contribution is -0.107. The molecule has 1 atom stereocenters. The van der Waals surface area contributed by atoms with E-state index in [0.29, 0.717) is 18.4 Å². The van der Waals surface area contributed by atoms with E-state index in [2.05, 4.69) is 6.07 Å². The molecule has 29 heavy (non-hydrogen) atoms. The molecule has 0 bridgehead atoms. The van der Waals surface area contributed by atoms with Crippen LogP contribution < -0.4 is 0 Å². The maximum atomic E-state index is 13.1. The van der Waals surface area contributed by atoms with Crippen LogP contribution in [0, 0.1) is 18.3 Å². The largest absolute Gasteiger partial charge is 0.320 e. The Kier molecular flexibility index (Phi) is 5.15. The molecule has 0 aliphatic rings. The van der Waals surface area contributed by atoms with Crippen LogP contribution in [0.4, 0.5) is 0 Å². The van der Waals surface area contributed by atoms with Gasteiger partial charge < -0.3 is 9.20 Å². The first-order chi connectivity index (χ1) is 14.1. The van der Waals surface area contributed by atoms with E-state index in [9.17, 15) is 14.3 Å². The van der Waals surface area contributed by atoms with Gasteiger partial charge in [-0.15, -0.1) is 0 Å². The van der Waals surface area contributed by atoms with Crippen LogP contribution in [-0.2, 0) is 28.6 Å². The summed E-state index contributed by atoms with van der Waals surface area (Å²) in [5, 5.41) is 9.31. The zero-order valence-corrected chi connectivity index (χ0v) is 16.7. The Labute approximate surface area is 171 Å². The Hall–Kier alpha value is -3.43. The second-order valence-electron chi connectivity index (χ2n) is 6.77. The Morgan fingerprint density at radius 1 is 1.10 bits per heavy atom. The number of hydrogen-bond acceptors (Lipinski definition) is 3. The van der Waals surface area contributed by atoms with Crippen molar-refractivity contribution in [2.45, 2.75) is 24.7 Å². The first-order valence-corrected chi connectivity index (χ1v) is 10.3. The normalized spacial score (nSPS) is 12.0. The van der Waals surface area contributed by atoms with Crippen molar-refractivity contribution in [3.8, 4) is 6.07 Å². The Bertz CT molecular complexity index is 1260. The Balaban J connectivity index is 1.81. The molecule has 4 aromatic rings. The summed E-state index contributed by atoms with van der Waals surface area (Å²) >= 11 is 0. The van der Waals surface area contributed by atoms with Crippen LogP contribution in [0.3, 0.4) is 0 Å². The zero-order chi connectivity index (χ0) is 20.4. The third-order valence-electron chi connectivity index (χ3n) is 5.12. The zero-order valence-electron chi connectivity index (χ0n) is 15.9. The molecule has 144 valence electrons. The van der Waals surface area contributed by atoms with Crippen molar-refractivity contribution >= 4 is 22.8 Å². The molecule has 0 saturated carbocycles. The maximum Gasteiger partial charge on any atom is 0.156 e. The molecule has 1 aromatic carbocycles. The summed E-state index contributed by atoms with van der Waals surface area (Å²) in [7, 11) is -1.34. The number of aldehydes is 1. The molecular weight excluding hydrogens is 382 g/mol. The molecule has 5 nitrogen and oxygen atoms in total. The van der Waals surface area contributed by atoms with Gasteiger partial charge in [0.15, 0.2) is 11.0 Å². The third-order valence-corrected chi connectivity index (χ3v) is 6.51. The molecule has 0 fully saturated rings. The molecule has 0 spiro atoms. The quantitative estimate of drug-likeness (QED) is 0.461. The smallest absolute Gasteiger partial charge is 0.156 e. The first-order valence-electron chi connectivity index (χ1n) is 9.23. The monoisotopic (exact) mass is 401 g/mol. The number of aromatic nitrogens is 2. The fourth-order valence-corrected chi connectivity index (χ4v) is 4.81. The number of fused-ring (bicyclic) bond motifs is 1. The van der Waals surface area contributed by atoms with E-state index in [4.69, 9.17) is 0 Å². The van der Waals surface area contributed by atoms with Crippen molar-refractivity contribution in [2.75, 3.05) is 0 Å². The molecule has 3 aromatic heterocycles. The van der Waals surface area contributed by atoms with Crippen LogP contribution in [0.5, 0.6) is 0 Å². The van der Waals surface area contributed by atoms with Gasteiger partial charge in [-0.25, -0.2) is 4.21 Å². The van der Waals surface area contributed by atoms with Gasteiger partial charge in [0.05, 0.1) is 22.0 Å². The van der Waals surface area contributed by atoms with E-state index in [1.165, 1.54) is 0 Å². The van der Waals surface area contributed by atoms with E-state index >= 15 is 0 Å². The van der Waals surface area contributed by atoms with E-state index < -0.39 is 11.0 Å². The van der Waals surface area contributed by atoms with Gasteiger partial charge in [-0.2, -0.15) is 5.26 Å². The van der Waals surface area contributed by atoms with Crippen molar-refractivity contribution in [1.29, 1.82) is 5.26 Å². The minimum Gasteiger partial charge on any atom is -0.320 e. The lowest BCUT2D eigenvalue weighted by Gasteiger charge is -2.09. The van der Waals surface area contributed by atoms with Gasteiger partial charge >= 0.3 is 0 Å². The van der Waals surface area contributed by atoms with Crippen molar-refractivity contribution in [2.24, 2.45) is 0 Å². The summed E-state index contributed by atoms with van der Waals surface area (Å²) in [5.41, 5.74) is 5.34. The minimum atomic E-state index is -1.34. The summed E-state index contributed by atoms with van der Waals surface area (Å²) in [4.78, 5) is 11.9. The SMILES string of the molecule is Cc1c(Cc2cccn2S(=O)c2ccccc2)c2cc(C#N)ccn2c1CC=O. The van der Waals surface area contributed by atoms with Crippen molar-refractivity contribution < 1.29 is 9.00 Å². The van der Waals surface area contributed by atoms with Crippen LogP contribution >= 0.6 is 0 Å². The standard InChI is InChI=1S/C23H19N3O2S/c1-17-21(23-14-18(16-24)9-12-25(23)22(17)10-13-27)15-19-6-5-11-26(19)29(28)20-7-3-2-4-8-20/h2-9,11-14H,10,15H2,1H3. The van der Waals surface area contributed by atoms with E-state index in [0.717, 1.165) is 39.2 Å². The average molecular weight is 401 g/mol. The van der Waals surface area contributed by atoms with Crippen LogP contribution in [0.15, 0.2) is 71.9 Å². The van der Waals surface area contributed by atoms with Crippen LogP contribution in [0.1, 0.15) is 28.1 Å². The number of nitriles is 1. The molecule has 4 rings (SSSR count). The molecule has 0 aliphatic heterocycles.